The summed E-state index contributed by atoms with van der Waals surface area (Å²) in [4.78, 5) is 0. The zero-order valence-electron chi connectivity index (χ0n) is 11.4. The molecule has 2 saturated carbocycles. The van der Waals surface area contributed by atoms with E-state index in [2.05, 4.69) is 4.72 Å². The lowest BCUT2D eigenvalue weighted by Gasteiger charge is -2.43. The van der Waals surface area contributed by atoms with Crippen LogP contribution in [0.25, 0.3) is 0 Å². The molecule has 1 aliphatic heterocycles. The van der Waals surface area contributed by atoms with Crippen molar-refractivity contribution in [1.82, 2.24) is 9.03 Å². The smallest absolute Gasteiger partial charge is 0.280 e. The molecule has 3 aliphatic rings. The molecule has 2 aliphatic carbocycles. The van der Waals surface area contributed by atoms with Crippen molar-refractivity contribution < 1.29 is 13.2 Å². The van der Waals surface area contributed by atoms with Gasteiger partial charge >= 0.3 is 0 Å². The van der Waals surface area contributed by atoms with Gasteiger partial charge in [-0.15, -0.1) is 0 Å². The molecule has 6 heteroatoms. The van der Waals surface area contributed by atoms with Gasteiger partial charge in [-0.3, -0.25) is 0 Å². The Bertz CT molecular complexity index is 404. The summed E-state index contributed by atoms with van der Waals surface area (Å²) in [5.74, 6) is 0. The van der Waals surface area contributed by atoms with E-state index in [1.807, 2.05) is 0 Å². The molecule has 19 heavy (non-hydrogen) atoms. The van der Waals surface area contributed by atoms with Gasteiger partial charge in [-0.2, -0.15) is 17.4 Å². The van der Waals surface area contributed by atoms with E-state index in [0.29, 0.717) is 13.2 Å². The van der Waals surface area contributed by atoms with Crippen molar-refractivity contribution in [2.24, 2.45) is 0 Å². The SMILES string of the molecule is O=S(=O)(NC1CCCC1)N1CCOC2CCCCC21. The number of rotatable bonds is 3. The summed E-state index contributed by atoms with van der Waals surface area (Å²) in [7, 11) is -3.33. The maximum atomic E-state index is 12.6. The predicted molar refractivity (Wildman–Crippen MR) is 73.0 cm³/mol. The third kappa shape index (κ3) is 2.96. The first-order valence-electron chi connectivity index (χ1n) is 7.57. The zero-order chi connectivity index (χ0) is 13.3. The highest BCUT2D eigenvalue weighted by molar-refractivity contribution is 7.87. The Morgan fingerprint density at radius 1 is 1.00 bits per heavy atom. The molecule has 0 aromatic heterocycles. The molecular formula is C13H24N2O3S. The van der Waals surface area contributed by atoms with Crippen molar-refractivity contribution >= 4 is 10.2 Å². The fourth-order valence-corrected chi connectivity index (χ4v) is 5.39. The molecule has 0 spiro atoms. The molecule has 0 radical (unpaired) electrons. The molecule has 2 unspecified atom stereocenters. The van der Waals surface area contributed by atoms with E-state index < -0.39 is 10.2 Å². The van der Waals surface area contributed by atoms with Crippen LogP contribution in [0.4, 0.5) is 0 Å². The van der Waals surface area contributed by atoms with Gasteiger partial charge in [-0.05, 0) is 25.7 Å². The second-order valence-electron chi connectivity index (χ2n) is 5.98. The first-order chi connectivity index (χ1) is 9.17. The van der Waals surface area contributed by atoms with Crippen molar-refractivity contribution in [3.05, 3.63) is 0 Å². The van der Waals surface area contributed by atoms with Gasteiger partial charge in [-0.1, -0.05) is 25.7 Å². The highest BCUT2D eigenvalue weighted by Crippen LogP contribution is 2.30. The minimum absolute atomic E-state index is 0.0569. The van der Waals surface area contributed by atoms with Crippen molar-refractivity contribution in [3.8, 4) is 0 Å². The topological polar surface area (TPSA) is 58.6 Å². The summed E-state index contributed by atoms with van der Waals surface area (Å²) < 4.78 is 35.4. The van der Waals surface area contributed by atoms with Crippen LogP contribution >= 0.6 is 0 Å². The van der Waals surface area contributed by atoms with Crippen LogP contribution in [0.15, 0.2) is 0 Å². The Morgan fingerprint density at radius 2 is 1.68 bits per heavy atom. The highest BCUT2D eigenvalue weighted by Gasteiger charge is 2.40. The molecule has 1 heterocycles. The summed E-state index contributed by atoms with van der Waals surface area (Å²) in [5, 5.41) is 0. The fourth-order valence-electron chi connectivity index (χ4n) is 3.68. The average molecular weight is 288 g/mol. The first kappa shape index (κ1) is 13.8. The molecule has 3 fully saturated rings. The molecule has 0 aromatic rings. The molecule has 110 valence electrons. The van der Waals surface area contributed by atoms with Gasteiger partial charge in [0.15, 0.2) is 0 Å². The predicted octanol–water partition coefficient (Wildman–Crippen LogP) is 1.41. The van der Waals surface area contributed by atoms with Crippen LogP contribution in [0.2, 0.25) is 0 Å². The third-order valence-electron chi connectivity index (χ3n) is 4.66. The Balaban J connectivity index is 1.71. The van der Waals surface area contributed by atoms with Crippen molar-refractivity contribution in [2.45, 2.75) is 69.6 Å². The van der Waals surface area contributed by atoms with E-state index in [9.17, 15) is 8.42 Å². The van der Waals surface area contributed by atoms with E-state index in [4.69, 9.17) is 4.74 Å². The second-order valence-corrected chi connectivity index (χ2v) is 7.63. The maximum Gasteiger partial charge on any atom is 0.280 e. The molecule has 3 rings (SSSR count). The molecule has 0 aromatic carbocycles. The van der Waals surface area contributed by atoms with Gasteiger partial charge in [-0.25, -0.2) is 0 Å². The molecule has 0 amide bonds. The summed E-state index contributed by atoms with van der Waals surface area (Å²) >= 11 is 0. The van der Waals surface area contributed by atoms with E-state index in [1.165, 1.54) is 0 Å². The van der Waals surface area contributed by atoms with E-state index in [1.54, 1.807) is 4.31 Å². The van der Waals surface area contributed by atoms with E-state index >= 15 is 0 Å². The lowest BCUT2D eigenvalue weighted by atomic mass is 9.91. The molecule has 1 N–H and O–H groups in total. The Kier molecular flexibility index (Phi) is 4.12. The van der Waals surface area contributed by atoms with Crippen LogP contribution in [-0.4, -0.2) is 44.1 Å². The van der Waals surface area contributed by atoms with Crippen molar-refractivity contribution in [3.63, 3.8) is 0 Å². The van der Waals surface area contributed by atoms with Crippen molar-refractivity contribution in [2.75, 3.05) is 13.2 Å². The maximum absolute atomic E-state index is 12.6. The summed E-state index contributed by atoms with van der Waals surface area (Å²) in [6, 6.07) is 0.205. The first-order valence-corrected chi connectivity index (χ1v) is 9.01. The molecule has 5 nitrogen and oxygen atoms in total. The van der Waals surface area contributed by atoms with Crippen LogP contribution in [0.3, 0.4) is 0 Å². The van der Waals surface area contributed by atoms with Crippen LogP contribution in [0, 0.1) is 0 Å². The number of hydrogen-bond acceptors (Lipinski definition) is 3. The number of nitrogens with zero attached hydrogens (tertiary/aromatic N) is 1. The molecule has 2 atom stereocenters. The monoisotopic (exact) mass is 288 g/mol. The Hall–Kier alpha value is -0.170. The number of fused-ring (bicyclic) bond motifs is 1. The lowest BCUT2D eigenvalue weighted by molar-refractivity contribution is -0.0590. The second kappa shape index (κ2) is 5.68. The number of morpholine rings is 1. The van der Waals surface area contributed by atoms with E-state index in [-0.39, 0.29) is 18.2 Å². The summed E-state index contributed by atoms with van der Waals surface area (Å²) in [5.41, 5.74) is 0. The third-order valence-corrected chi connectivity index (χ3v) is 6.36. The molecule has 0 bridgehead atoms. The Morgan fingerprint density at radius 3 is 2.47 bits per heavy atom. The van der Waals surface area contributed by atoms with Gasteiger partial charge in [0, 0.05) is 12.6 Å². The normalized spacial score (nSPS) is 34.3. The summed E-state index contributed by atoms with van der Waals surface area (Å²) in [6.07, 6.45) is 8.57. The van der Waals surface area contributed by atoms with Crippen LogP contribution in [0.5, 0.6) is 0 Å². The zero-order valence-corrected chi connectivity index (χ0v) is 12.2. The van der Waals surface area contributed by atoms with Gasteiger partial charge < -0.3 is 4.74 Å². The summed E-state index contributed by atoms with van der Waals surface area (Å²) in [6.45, 7) is 1.04. The standard InChI is InChI=1S/C13H24N2O3S/c16-19(17,14-11-5-1-2-6-11)15-9-10-18-13-8-4-3-7-12(13)15/h11-14H,1-10H2. The van der Waals surface area contributed by atoms with Crippen molar-refractivity contribution in [1.29, 1.82) is 0 Å². The fraction of sp³-hybridized carbons (Fsp3) is 1.00. The average Bonchev–Trinajstić information content (AvgIpc) is 2.90. The number of hydrogen-bond donors (Lipinski definition) is 1. The Labute approximate surface area is 115 Å². The number of nitrogens with one attached hydrogen (secondary N) is 1. The van der Waals surface area contributed by atoms with Crippen LogP contribution < -0.4 is 4.72 Å². The molecular weight excluding hydrogens is 264 g/mol. The molecule has 1 saturated heterocycles. The van der Waals surface area contributed by atoms with Gasteiger partial charge in [0.1, 0.15) is 0 Å². The van der Waals surface area contributed by atoms with Crippen LogP contribution in [-0.2, 0) is 14.9 Å². The quantitative estimate of drug-likeness (QED) is 0.854. The van der Waals surface area contributed by atoms with Crippen LogP contribution in [0.1, 0.15) is 51.4 Å². The van der Waals surface area contributed by atoms with Gasteiger partial charge in [0.05, 0.1) is 18.8 Å². The largest absolute Gasteiger partial charge is 0.375 e. The lowest BCUT2D eigenvalue weighted by Crippen LogP contribution is -2.58. The number of ether oxygens (including phenoxy) is 1. The van der Waals surface area contributed by atoms with Gasteiger partial charge in [0.2, 0.25) is 0 Å². The highest BCUT2D eigenvalue weighted by atomic mass is 32.2. The minimum atomic E-state index is -3.33. The van der Waals surface area contributed by atoms with E-state index in [0.717, 1.165) is 51.4 Å². The van der Waals surface area contributed by atoms with Gasteiger partial charge in [0.25, 0.3) is 10.2 Å². The minimum Gasteiger partial charge on any atom is -0.375 e.